The first-order valence-corrected chi connectivity index (χ1v) is 9.84. The predicted molar refractivity (Wildman–Crippen MR) is 117 cm³/mol. The van der Waals surface area contributed by atoms with E-state index in [9.17, 15) is 4.79 Å². The van der Waals surface area contributed by atoms with E-state index in [4.69, 9.17) is 9.15 Å². The van der Waals surface area contributed by atoms with Gasteiger partial charge in [-0.25, -0.2) is 4.98 Å². The highest BCUT2D eigenvalue weighted by Gasteiger charge is 2.12. The SMILES string of the molecule is Cc1ccc(C(C)C)c(OCC(=O)Nc2ccc3oc(-c4ccncc4)nc3c2)c1. The zero-order valence-electron chi connectivity index (χ0n) is 17.2. The minimum absolute atomic E-state index is 0.0672. The number of carbonyl (C=O) groups excluding carboxylic acids is 1. The fourth-order valence-corrected chi connectivity index (χ4v) is 3.21. The Labute approximate surface area is 174 Å². The van der Waals surface area contributed by atoms with Crippen LogP contribution in [0.25, 0.3) is 22.6 Å². The molecule has 0 radical (unpaired) electrons. The minimum atomic E-state index is -0.233. The van der Waals surface area contributed by atoms with Crippen molar-refractivity contribution in [3.05, 3.63) is 72.1 Å². The van der Waals surface area contributed by atoms with Crippen LogP contribution in [0, 0.1) is 6.92 Å². The molecule has 152 valence electrons. The molecule has 2 aromatic heterocycles. The van der Waals surface area contributed by atoms with Gasteiger partial charge in [-0.15, -0.1) is 0 Å². The number of nitrogens with zero attached hydrogens (tertiary/aromatic N) is 2. The summed E-state index contributed by atoms with van der Waals surface area (Å²) in [4.78, 5) is 20.9. The molecule has 0 atom stereocenters. The molecule has 0 saturated heterocycles. The van der Waals surface area contributed by atoms with Gasteiger partial charge in [0.25, 0.3) is 5.91 Å². The van der Waals surface area contributed by atoms with Gasteiger partial charge >= 0.3 is 0 Å². The van der Waals surface area contributed by atoms with Gasteiger partial charge in [-0.3, -0.25) is 9.78 Å². The van der Waals surface area contributed by atoms with Gasteiger partial charge in [-0.1, -0.05) is 26.0 Å². The number of amides is 1. The fraction of sp³-hybridized carbons (Fsp3) is 0.208. The molecule has 0 saturated carbocycles. The third kappa shape index (κ3) is 4.33. The van der Waals surface area contributed by atoms with Crippen LogP contribution < -0.4 is 10.1 Å². The number of rotatable bonds is 6. The number of aromatic nitrogens is 2. The quantitative estimate of drug-likeness (QED) is 0.472. The maximum Gasteiger partial charge on any atom is 0.262 e. The van der Waals surface area contributed by atoms with Crippen LogP contribution in [0.15, 0.2) is 65.3 Å². The normalized spacial score (nSPS) is 11.1. The second kappa shape index (κ2) is 8.37. The number of oxazole rings is 1. The molecule has 30 heavy (non-hydrogen) atoms. The van der Waals surface area contributed by atoms with Crippen LogP contribution in [-0.4, -0.2) is 22.5 Å². The largest absolute Gasteiger partial charge is 0.483 e. The van der Waals surface area contributed by atoms with Crippen molar-refractivity contribution in [2.75, 3.05) is 11.9 Å². The molecule has 6 heteroatoms. The number of anilines is 1. The van der Waals surface area contributed by atoms with Gasteiger partial charge in [-0.2, -0.15) is 0 Å². The summed E-state index contributed by atoms with van der Waals surface area (Å²) in [5.74, 6) is 1.34. The van der Waals surface area contributed by atoms with E-state index >= 15 is 0 Å². The number of hydrogen-bond donors (Lipinski definition) is 1. The van der Waals surface area contributed by atoms with E-state index in [1.54, 1.807) is 30.6 Å². The first kappa shape index (κ1) is 19.6. The number of hydrogen-bond acceptors (Lipinski definition) is 5. The Morgan fingerprint density at radius 2 is 1.90 bits per heavy atom. The van der Waals surface area contributed by atoms with Crippen molar-refractivity contribution in [3.63, 3.8) is 0 Å². The molecule has 0 aliphatic rings. The molecule has 0 aliphatic heterocycles. The third-order valence-electron chi connectivity index (χ3n) is 4.75. The van der Waals surface area contributed by atoms with Crippen LogP contribution in [0.3, 0.4) is 0 Å². The number of pyridine rings is 1. The van der Waals surface area contributed by atoms with Crippen molar-refractivity contribution in [3.8, 4) is 17.2 Å². The average Bonchev–Trinajstić information content (AvgIpc) is 3.16. The van der Waals surface area contributed by atoms with Crippen molar-refractivity contribution in [2.24, 2.45) is 0 Å². The smallest absolute Gasteiger partial charge is 0.262 e. The molecule has 2 aromatic carbocycles. The number of aryl methyl sites for hydroxylation is 1. The lowest BCUT2D eigenvalue weighted by molar-refractivity contribution is -0.118. The summed E-state index contributed by atoms with van der Waals surface area (Å²) in [6, 6.07) is 15.1. The summed E-state index contributed by atoms with van der Waals surface area (Å²) < 4.78 is 11.6. The topological polar surface area (TPSA) is 77.2 Å². The molecular formula is C24H23N3O3. The lowest BCUT2D eigenvalue weighted by Gasteiger charge is -2.14. The lowest BCUT2D eigenvalue weighted by atomic mass is 10.0. The molecule has 4 aromatic rings. The van der Waals surface area contributed by atoms with E-state index < -0.39 is 0 Å². The van der Waals surface area contributed by atoms with Crippen LogP contribution in [-0.2, 0) is 4.79 Å². The van der Waals surface area contributed by atoms with E-state index in [0.717, 1.165) is 22.4 Å². The number of benzene rings is 2. The standard InChI is InChI=1S/C24H23N3O3/c1-15(2)19-6-4-16(3)12-22(19)29-14-23(28)26-18-5-7-21-20(13-18)27-24(30-21)17-8-10-25-11-9-17/h4-13,15H,14H2,1-3H3,(H,26,28). The van der Waals surface area contributed by atoms with Crippen molar-refractivity contribution in [1.82, 2.24) is 9.97 Å². The maximum atomic E-state index is 12.4. The van der Waals surface area contributed by atoms with E-state index in [0.29, 0.717) is 28.6 Å². The molecule has 0 fully saturated rings. The number of carbonyl (C=O) groups is 1. The van der Waals surface area contributed by atoms with Crippen LogP contribution in [0.4, 0.5) is 5.69 Å². The van der Waals surface area contributed by atoms with Crippen molar-refractivity contribution in [1.29, 1.82) is 0 Å². The summed E-state index contributed by atoms with van der Waals surface area (Å²) >= 11 is 0. The van der Waals surface area contributed by atoms with Gasteiger partial charge in [0.2, 0.25) is 5.89 Å². The molecule has 0 aliphatic carbocycles. The Bertz CT molecular complexity index is 1180. The molecule has 0 spiro atoms. The van der Waals surface area contributed by atoms with Crippen LogP contribution in [0.1, 0.15) is 30.9 Å². The van der Waals surface area contributed by atoms with E-state index in [-0.39, 0.29) is 12.5 Å². The summed E-state index contributed by atoms with van der Waals surface area (Å²) in [5.41, 5.74) is 4.98. The van der Waals surface area contributed by atoms with Gasteiger partial charge in [0.15, 0.2) is 12.2 Å². The van der Waals surface area contributed by atoms with Gasteiger partial charge in [0.1, 0.15) is 11.3 Å². The predicted octanol–water partition coefficient (Wildman–Crippen LogP) is 5.34. The van der Waals surface area contributed by atoms with Crippen molar-refractivity contribution < 1.29 is 13.9 Å². The average molecular weight is 401 g/mol. The zero-order valence-corrected chi connectivity index (χ0v) is 17.2. The third-order valence-corrected chi connectivity index (χ3v) is 4.75. The fourth-order valence-electron chi connectivity index (χ4n) is 3.21. The second-order valence-electron chi connectivity index (χ2n) is 7.47. The molecular weight excluding hydrogens is 378 g/mol. The Hall–Kier alpha value is -3.67. The Kier molecular flexibility index (Phi) is 5.48. The highest BCUT2D eigenvalue weighted by molar-refractivity contribution is 5.94. The summed E-state index contributed by atoms with van der Waals surface area (Å²) in [6.07, 6.45) is 3.38. The lowest BCUT2D eigenvalue weighted by Crippen LogP contribution is -2.20. The Morgan fingerprint density at radius 3 is 2.67 bits per heavy atom. The van der Waals surface area contributed by atoms with E-state index in [1.807, 2.05) is 31.2 Å². The first-order valence-electron chi connectivity index (χ1n) is 9.84. The van der Waals surface area contributed by atoms with Crippen LogP contribution in [0.2, 0.25) is 0 Å². The summed E-state index contributed by atoms with van der Waals surface area (Å²) in [5, 5.41) is 2.86. The van der Waals surface area contributed by atoms with Gasteiger partial charge < -0.3 is 14.5 Å². The first-order chi connectivity index (χ1) is 14.5. The highest BCUT2D eigenvalue weighted by atomic mass is 16.5. The monoisotopic (exact) mass is 401 g/mol. The van der Waals surface area contributed by atoms with E-state index in [2.05, 4.69) is 35.2 Å². The highest BCUT2D eigenvalue weighted by Crippen LogP contribution is 2.28. The molecule has 0 unspecified atom stereocenters. The van der Waals surface area contributed by atoms with Gasteiger partial charge in [0, 0.05) is 23.6 Å². The van der Waals surface area contributed by atoms with Crippen LogP contribution in [0.5, 0.6) is 5.75 Å². The molecule has 6 nitrogen and oxygen atoms in total. The van der Waals surface area contributed by atoms with Gasteiger partial charge in [0.05, 0.1) is 0 Å². The molecule has 1 amide bonds. The van der Waals surface area contributed by atoms with Crippen molar-refractivity contribution in [2.45, 2.75) is 26.7 Å². The summed E-state index contributed by atoms with van der Waals surface area (Å²) in [6.45, 7) is 6.14. The minimum Gasteiger partial charge on any atom is -0.483 e. The molecule has 1 N–H and O–H groups in total. The Morgan fingerprint density at radius 1 is 1.10 bits per heavy atom. The summed E-state index contributed by atoms with van der Waals surface area (Å²) in [7, 11) is 0. The number of nitrogens with one attached hydrogen (secondary N) is 1. The number of fused-ring (bicyclic) bond motifs is 1. The maximum absolute atomic E-state index is 12.4. The number of ether oxygens (including phenoxy) is 1. The Balaban J connectivity index is 1.45. The molecule has 2 heterocycles. The second-order valence-corrected chi connectivity index (χ2v) is 7.47. The molecule has 4 rings (SSSR count). The van der Waals surface area contributed by atoms with Crippen molar-refractivity contribution >= 4 is 22.7 Å². The van der Waals surface area contributed by atoms with Gasteiger partial charge in [-0.05, 0) is 60.4 Å². The zero-order chi connectivity index (χ0) is 21.1. The van der Waals surface area contributed by atoms with E-state index in [1.165, 1.54) is 0 Å². The molecule has 0 bridgehead atoms. The van der Waals surface area contributed by atoms with Crippen LogP contribution >= 0.6 is 0 Å².